The summed E-state index contributed by atoms with van der Waals surface area (Å²) in [7, 11) is 3.06. The van der Waals surface area contributed by atoms with Crippen molar-refractivity contribution >= 4 is 23.2 Å². The predicted octanol–water partition coefficient (Wildman–Crippen LogP) is 1.85. The molecule has 0 atom stereocenters. The van der Waals surface area contributed by atoms with Crippen LogP contribution in [0.5, 0.6) is 11.5 Å². The summed E-state index contributed by atoms with van der Waals surface area (Å²) >= 11 is 0. The minimum absolute atomic E-state index is 0.0240. The Bertz CT molecular complexity index is 724. The normalized spacial score (nSPS) is 9.92. The SMILES string of the molecule is COc1cc(NC(=O)CNc2ccccc2C(N)=O)cc(OC)c1. The first kappa shape index (κ1) is 17.1. The van der Waals surface area contributed by atoms with Gasteiger partial charge in [-0.05, 0) is 12.1 Å². The molecule has 0 aromatic heterocycles. The van der Waals surface area contributed by atoms with Crippen LogP contribution in [0.2, 0.25) is 0 Å². The number of anilines is 2. The van der Waals surface area contributed by atoms with Crippen LogP contribution in [-0.4, -0.2) is 32.6 Å². The van der Waals surface area contributed by atoms with E-state index < -0.39 is 5.91 Å². The third-order valence-corrected chi connectivity index (χ3v) is 3.27. The van der Waals surface area contributed by atoms with E-state index in [9.17, 15) is 9.59 Å². The van der Waals surface area contributed by atoms with Crippen molar-refractivity contribution in [2.24, 2.45) is 5.73 Å². The van der Waals surface area contributed by atoms with Gasteiger partial charge in [0.1, 0.15) is 11.5 Å². The number of nitrogens with two attached hydrogens (primary N) is 1. The maximum absolute atomic E-state index is 12.1. The van der Waals surface area contributed by atoms with Gasteiger partial charge in [-0.15, -0.1) is 0 Å². The van der Waals surface area contributed by atoms with E-state index in [2.05, 4.69) is 10.6 Å². The molecule has 0 spiro atoms. The molecule has 4 N–H and O–H groups in total. The molecule has 0 radical (unpaired) electrons. The van der Waals surface area contributed by atoms with Crippen molar-refractivity contribution in [3.8, 4) is 11.5 Å². The Hall–Kier alpha value is -3.22. The van der Waals surface area contributed by atoms with Crippen LogP contribution in [-0.2, 0) is 4.79 Å². The Morgan fingerprint density at radius 1 is 1.04 bits per heavy atom. The number of hydrogen-bond donors (Lipinski definition) is 3. The lowest BCUT2D eigenvalue weighted by molar-refractivity contribution is -0.114. The highest BCUT2D eigenvalue weighted by atomic mass is 16.5. The molecule has 2 aromatic carbocycles. The van der Waals surface area contributed by atoms with Crippen LogP contribution in [0.3, 0.4) is 0 Å². The summed E-state index contributed by atoms with van der Waals surface area (Å²) in [4.78, 5) is 23.4. The quantitative estimate of drug-likeness (QED) is 0.719. The lowest BCUT2D eigenvalue weighted by Gasteiger charge is -2.12. The van der Waals surface area contributed by atoms with Gasteiger partial charge in [0.15, 0.2) is 0 Å². The number of primary amides is 1. The zero-order valence-electron chi connectivity index (χ0n) is 13.5. The Morgan fingerprint density at radius 3 is 2.25 bits per heavy atom. The van der Waals surface area contributed by atoms with E-state index in [0.29, 0.717) is 28.4 Å². The van der Waals surface area contributed by atoms with E-state index in [0.717, 1.165) is 0 Å². The van der Waals surface area contributed by atoms with Gasteiger partial charge < -0.3 is 25.8 Å². The number of hydrogen-bond acceptors (Lipinski definition) is 5. The zero-order valence-corrected chi connectivity index (χ0v) is 13.5. The molecule has 0 aliphatic heterocycles. The summed E-state index contributed by atoms with van der Waals surface area (Å²) in [5.74, 6) is 0.286. The molecule has 24 heavy (non-hydrogen) atoms. The molecule has 0 unspecified atom stereocenters. The van der Waals surface area contributed by atoms with Gasteiger partial charge in [-0.1, -0.05) is 12.1 Å². The molecule has 0 aliphatic rings. The van der Waals surface area contributed by atoms with Crippen molar-refractivity contribution in [3.63, 3.8) is 0 Å². The molecule has 0 saturated carbocycles. The Labute approximate surface area is 139 Å². The highest BCUT2D eigenvalue weighted by Gasteiger charge is 2.09. The number of ether oxygens (including phenoxy) is 2. The maximum atomic E-state index is 12.1. The molecule has 2 aromatic rings. The smallest absolute Gasteiger partial charge is 0.250 e. The molecule has 7 heteroatoms. The Balaban J connectivity index is 2.03. The van der Waals surface area contributed by atoms with Crippen LogP contribution in [0, 0.1) is 0 Å². The van der Waals surface area contributed by atoms with E-state index in [1.807, 2.05) is 0 Å². The highest BCUT2D eigenvalue weighted by Crippen LogP contribution is 2.25. The highest BCUT2D eigenvalue weighted by molar-refractivity contribution is 6.00. The molecule has 0 bridgehead atoms. The second-order valence-corrected chi connectivity index (χ2v) is 4.91. The van der Waals surface area contributed by atoms with Crippen LogP contribution in [0.25, 0.3) is 0 Å². The van der Waals surface area contributed by atoms with Gasteiger partial charge in [0.2, 0.25) is 5.91 Å². The molecule has 0 saturated heterocycles. The van der Waals surface area contributed by atoms with Crippen molar-refractivity contribution in [1.29, 1.82) is 0 Å². The van der Waals surface area contributed by atoms with Gasteiger partial charge in [0, 0.05) is 29.6 Å². The monoisotopic (exact) mass is 329 g/mol. The van der Waals surface area contributed by atoms with E-state index in [1.165, 1.54) is 14.2 Å². The van der Waals surface area contributed by atoms with E-state index in [1.54, 1.807) is 42.5 Å². The summed E-state index contributed by atoms with van der Waals surface area (Å²) in [5, 5.41) is 5.63. The summed E-state index contributed by atoms with van der Waals surface area (Å²) in [5.41, 5.74) is 6.67. The summed E-state index contributed by atoms with van der Waals surface area (Å²) < 4.78 is 10.3. The van der Waals surface area contributed by atoms with Crippen LogP contribution in [0.4, 0.5) is 11.4 Å². The number of rotatable bonds is 7. The van der Waals surface area contributed by atoms with E-state index in [4.69, 9.17) is 15.2 Å². The standard InChI is InChI=1S/C17H19N3O4/c1-23-12-7-11(8-13(9-12)24-2)20-16(21)10-19-15-6-4-3-5-14(15)17(18)22/h3-9,19H,10H2,1-2H3,(H2,18,22)(H,20,21). The minimum Gasteiger partial charge on any atom is -0.497 e. The van der Waals surface area contributed by atoms with Gasteiger partial charge in [0.25, 0.3) is 5.91 Å². The van der Waals surface area contributed by atoms with Crippen molar-refractivity contribution < 1.29 is 19.1 Å². The lowest BCUT2D eigenvalue weighted by atomic mass is 10.1. The average Bonchev–Trinajstić information content (AvgIpc) is 2.59. The molecular weight excluding hydrogens is 310 g/mol. The first-order chi connectivity index (χ1) is 11.5. The number of methoxy groups -OCH3 is 2. The Morgan fingerprint density at radius 2 is 1.67 bits per heavy atom. The minimum atomic E-state index is -0.559. The topological polar surface area (TPSA) is 103 Å². The number of nitrogens with one attached hydrogen (secondary N) is 2. The van der Waals surface area contributed by atoms with Crippen molar-refractivity contribution in [1.82, 2.24) is 0 Å². The molecule has 126 valence electrons. The van der Waals surface area contributed by atoms with Gasteiger partial charge in [-0.3, -0.25) is 9.59 Å². The molecule has 0 heterocycles. The number of carbonyl (C=O) groups excluding carboxylic acids is 2. The van der Waals surface area contributed by atoms with Crippen molar-refractivity contribution in [3.05, 3.63) is 48.0 Å². The van der Waals surface area contributed by atoms with Crippen LogP contribution in [0.15, 0.2) is 42.5 Å². The second kappa shape index (κ2) is 7.87. The summed E-state index contributed by atoms with van der Waals surface area (Å²) in [6, 6.07) is 11.8. The largest absolute Gasteiger partial charge is 0.497 e. The van der Waals surface area contributed by atoms with Gasteiger partial charge in [-0.2, -0.15) is 0 Å². The van der Waals surface area contributed by atoms with Gasteiger partial charge in [-0.25, -0.2) is 0 Å². The fraction of sp³-hybridized carbons (Fsp3) is 0.176. The van der Waals surface area contributed by atoms with Crippen LogP contribution in [0.1, 0.15) is 10.4 Å². The number of carbonyl (C=O) groups is 2. The molecule has 7 nitrogen and oxygen atoms in total. The number of amides is 2. The number of benzene rings is 2. The summed E-state index contributed by atoms with van der Waals surface area (Å²) in [6.07, 6.45) is 0. The zero-order chi connectivity index (χ0) is 17.5. The van der Waals surface area contributed by atoms with E-state index in [-0.39, 0.29) is 12.5 Å². The molecular formula is C17H19N3O4. The van der Waals surface area contributed by atoms with Crippen molar-refractivity contribution in [2.75, 3.05) is 31.4 Å². The van der Waals surface area contributed by atoms with Crippen molar-refractivity contribution in [2.45, 2.75) is 0 Å². The third-order valence-electron chi connectivity index (χ3n) is 3.27. The van der Waals surface area contributed by atoms with Gasteiger partial charge in [0.05, 0.1) is 26.3 Å². The molecule has 2 amide bonds. The number of para-hydroxylation sites is 1. The third kappa shape index (κ3) is 4.39. The fourth-order valence-electron chi connectivity index (χ4n) is 2.11. The first-order valence-corrected chi connectivity index (χ1v) is 7.19. The van der Waals surface area contributed by atoms with E-state index >= 15 is 0 Å². The molecule has 0 aliphatic carbocycles. The molecule has 0 fully saturated rings. The average molecular weight is 329 g/mol. The second-order valence-electron chi connectivity index (χ2n) is 4.91. The predicted molar refractivity (Wildman–Crippen MR) is 91.6 cm³/mol. The lowest BCUT2D eigenvalue weighted by Crippen LogP contribution is -2.23. The first-order valence-electron chi connectivity index (χ1n) is 7.19. The van der Waals surface area contributed by atoms with Gasteiger partial charge >= 0.3 is 0 Å². The summed E-state index contributed by atoms with van der Waals surface area (Å²) in [6.45, 7) is -0.0240. The fourth-order valence-corrected chi connectivity index (χ4v) is 2.11. The molecule has 2 rings (SSSR count). The Kier molecular flexibility index (Phi) is 5.62. The van der Waals surface area contributed by atoms with Crippen LogP contribution < -0.4 is 25.8 Å². The maximum Gasteiger partial charge on any atom is 0.250 e. The van der Waals surface area contributed by atoms with Crippen LogP contribution >= 0.6 is 0 Å².